The van der Waals surface area contributed by atoms with E-state index >= 15 is 0 Å². The highest BCUT2D eigenvalue weighted by Crippen LogP contribution is 2.32. The van der Waals surface area contributed by atoms with Gasteiger partial charge in [0, 0.05) is 23.7 Å². The molecule has 4 rings (SSSR count). The average Bonchev–Trinajstić information content (AvgIpc) is 3.26. The van der Waals surface area contributed by atoms with E-state index < -0.39 is 6.10 Å². The van der Waals surface area contributed by atoms with Gasteiger partial charge in [-0.2, -0.15) is 0 Å². The number of para-hydroxylation sites is 2. The standard InChI is InChI=1S/C25H26N4O2S/c1-18(2)22-12-6-7-13-23(22)29-24(19-9-8-14-26-15-19)27-28-25(29)32-17-20(30)16-31-21-10-4-3-5-11-21/h3-15,18,20,30H,16-17H2,1-2H3/t20-/m0/s1. The van der Waals surface area contributed by atoms with Crippen molar-refractivity contribution in [1.29, 1.82) is 0 Å². The summed E-state index contributed by atoms with van der Waals surface area (Å²) in [7, 11) is 0. The van der Waals surface area contributed by atoms with Gasteiger partial charge in [-0.1, -0.05) is 62.0 Å². The molecule has 0 saturated carbocycles. The molecule has 164 valence electrons. The second-order valence-corrected chi connectivity index (χ2v) is 8.67. The van der Waals surface area contributed by atoms with Crippen LogP contribution in [0.1, 0.15) is 25.3 Å². The van der Waals surface area contributed by atoms with Crippen molar-refractivity contribution in [2.24, 2.45) is 0 Å². The van der Waals surface area contributed by atoms with Crippen LogP contribution < -0.4 is 4.74 Å². The van der Waals surface area contributed by atoms with E-state index in [1.807, 2.05) is 54.6 Å². The lowest BCUT2D eigenvalue weighted by Gasteiger charge is -2.17. The van der Waals surface area contributed by atoms with Crippen molar-refractivity contribution in [1.82, 2.24) is 19.7 Å². The molecule has 32 heavy (non-hydrogen) atoms. The normalized spacial score (nSPS) is 12.1. The molecule has 0 bridgehead atoms. The summed E-state index contributed by atoms with van der Waals surface area (Å²) >= 11 is 1.46. The fourth-order valence-corrected chi connectivity index (χ4v) is 4.22. The molecule has 0 aliphatic carbocycles. The van der Waals surface area contributed by atoms with Gasteiger partial charge in [0.15, 0.2) is 11.0 Å². The smallest absolute Gasteiger partial charge is 0.196 e. The first-order valence-electron chi connectivity index (χ1n) is 10.6. The third-order valence-electron chi connectivity index (χ3n) is 4.94. The van der Waals surface area contributed by atoms with Crippen LogP contribution in [0.5, 0.6) is 5.75 Å². The number of pyridine rings is 1. The average molecular weight is 447 g/mol. The molecule has 0 amide bonds. The molecule has 4 aromatic rings. The molecule has 0 unspecified atom stereocenters. The van der Waals surface area contributed by atoms with E-state index in [0.717, 1.165) is 28.0 Å². The van der Waals surface area contributed by atoms with Crippen LogP contribution in [-0.2, 0) is 0 Å². The van der Waals surface area contributed by atoms with Gasteiger partial charge in [-0.05, 0) is 41.8 Å². The fourth-order valence-electron chi connectivity index (χ4n) is 3.37. The van der Waals surface area contributed by atoms with Crippen molar-refractivity contribution in [3.8, 4) is 22.8 Å². The summed E-state index contributed by atoms with van der Waals surface area (Å²) in [4.78, 5) is 4.25. The third-order valence-corrected chi connectivity index (χ3v) is 6.02. The predicted octanol–water partition coefficient (Wildman–Crippen LogP) is 4.98. The fraction of sp³-hybridized carbons (Fsp3) is 0.240. The van der Waals surface area contributed by atoms with E-state index in [-0.39, 0.29) is 6.61 Å². The maximum Gasteiger partial charge on any atom is 0.196 e. The lowest BCUT2D eigenvalue weighted by Crippen LogP contribution is -2.20. The van der Waals surface area contributed by atoms with E-state index in [0.29, 0.717) is 11.7 Å². The molecule has 0 aliphatic heterocycles. The second kappa shape index (κ2) is 10.4. The lowest BCUT2D eigenvalue weighted by atomic mass is 10.0. The van der Waals surface area contributed by atoms with E-state index in [4.69, 9.17) is 4.74 Å². The minimum atomic E-state index is -0.646. The lowest BCUT2D eigenvalue weighted by molar-refractivity contribution is 0.126. The third kappa shape index (κ3) is 5.18. The van der Waals surface area contributed by atoms with Crippen molar-refractivity contribution < 1.29 is 9.84 Å². The van der Waals surface area contributed by atoms with Crippen LogP contribution in [0.3, 0.4) is 0 Å². The molecule has 0 spiro atoms. The van der Waals surface area contributed by atoms with Crippen molar-refractivity contribution >= 4 is 11.8 Å². The van der Waals surface area contributed by atoms with Crippen molar-refractivity contribution in [3.63, 3.8) is 0 Å². The Labute approximate surface area is 192 Å². The van der Waals surface area contributed by atoms with Crippen LogP contribution in [-0.4, -0.2) is 43.3 Å². The van der Waals surface area contributed by atoms with E-state index in [1.165, 1.54) is 17.3 Å². The maximum atomic E-state index is 10.5. The number of thioether (sulfide) groups is 1. The minimum absolute atomic E-state index is 0.212. The predicted molar refractivity (Wildman–Crippen MR) is 127 cm³/mol. The summed E-state index contributed by atoms with van der Waals surface area (Å²) in [6.45, 7) is 4.55. The molecule has 0 saturated heterocycles. The van der Waals surface area contributed by atoms with Gasteiger partial charge in [0.2, 0.25) is 0 Å². The molecule has 2 aromatic carbocycles. The second-order valence-electron chi connectivity index (χ2n) is 7.69. The molecule has 2 aromatic heterocycles. The Balaban J connectivity index is 1.59. The summed E-state index contributed by atoms with van der Waals surface area (Å²) in [5.41, 5.74) is 3.12. The first-order chi connectivity index (χ1) is 15.6. The number of rotatable bonds is 9. The summed E-state index contributed by atoms with van der Waals surface area (Å²) in [6, 6.07) is 21.6. The zero-order valence-corrected chi connectivity index (χ0v) is 18.9. The molecule has 1 atom stereocenters. The minimum Gasteiger partial charge on any atom is -0.491 e. The Morgan fingerprint density at radius 3 is 2.50 bits per heavy atom. The Hall–Kier alpha value is -3.16. The number of benzene rings is 2. The zero-order chi connectivity index (χ0) is 22.3. The van der Waals surface area contributed by atoms with Crippen LogP contribution >= 0.6 is 11.8 Å². The van der Waals surface area contributed by atoms with Crippen LogP contribution in [0.25, 0.3) is 17.1 Å². The number of hydrogen-bond donors (Lipinski definition) is 1. The highest BCUT2D eigenvalue weighted by molar-refractivity contribution is 7.99. The van der Waals surface area contributed by atoms with E-state index in [1.54, 1.807) is 12.4 Å². The summed E-state index contributed by atoms with van der Waals surface area (Å²) in [5, 5.41) is 20.1. The van der Waals surface area contributed by atoms with Crippen molar-refractivity contribution in [2.45, 2.75) is 31.0 Å². The summed E-state index contributed by atoms with van der Waals surface area (Å²) < 4.78 is 7.74. The summed E-state index contributed by atoms with van der Waals surface area (Å²) in [5.74, 6) is 2.23. The molecule has 6 nitrogen and oxygen atoms in total. The molecule has 1 N–H and O–H groups in total. The van der Waals surface area contributed by atoms with Gasteiger partial charge >= 0.3 is 0 Å². The number of nitrogens with zero attached hydrogens (tertiary/aromatic N) is 4. The maximum absolute atomic E-state index is 10.5. The molecular formula is C25H26N4O2S. The quantitative estimate of drug-likeness (QED) is 0.365. The van der Waals surface area contributed by atoms with Crippen LogP contribution in [0.15, 0.2) is 84.3 Å². The largest absolute Gasteiger partial charge is 0.491 e. The number of aliphatic hydroxyl groups is 1. The number of aliphatic hydroxyl groups excluding tert-OH is 1. The van der Waals surface area contributed by atoms with Crippen LogP contribution in [0, 0.1) is 0 Å². The van der Waals surface area contributed by atoms with Crippen LogP contribution in [0.2, 0.25) is 0 Å². The number of aromatic nitrogens is 4. The first-order valence-corrected chi connectivity index (χ1v) is 11.6. The molecule has 0 radical (unpaired) electrons. The van der Waals surface area contributed by atoms with Gasteiger partial charge in [0.25, 0.3) is 0 Å². The van der Waals surface area contributed by atoms with Crippen molar-refractivity contribution in [3.05, 3.63) is 84.7 Å². The Bertz CT molecular complexity index is 1130. The zero-order valence-electron chi connectivity index (χ0n) is 18.1. The number of ether oxygens (including phenoxy) is 1. The molecule has 0 fully saturated rings. The highest BCUT2D eigenvalue weighted by atomic mass is 32.2. The van der Waals surface area contributed by atoms with Gasteiger partial charge in [-0.25, -0.2) is 0 Å². The highest BCUT2D eigenvalue weighted by Gasteiger charge is 2.20. The summed E-state index contributed by atoms with van der Waals surface area (Å²) in [6.07, 6.45) is 2.88. The van der Waals surface area contributed by atoms with Gasteiger partial charge < -0.3 is 9.84 Å². The Morgan fingerprint density at radius 1 is 0.969 bits per heavy atom. The van der Waals surface area contributed by atoms with Crippen molar-refractivity contribution in [2.75, 3.05) is 12.4 Å². The SMILES string of the molecule is CC(C)c1ccccc1-n1c(SC[C@@H](O)COc2ccccc2)nnc1-c1cccnc1. The number of hydrogen-bond acceptors (Lipinski definition) is 6. The molecule has 0 aliphatic rings. The molecule has 7 heteroatoms. The first kappa shape index (κ1) is 22.0. The van der Waals surface area contributed by atoms with Gasteiger partial charge in [-0.15, -0.1) is 10.2 Å². The Morgan fingerprint density at radius 2 is 1.75 bits per heavy atom. The van der Waals surface area contributed by atoms with Crippen LogP contribution in [0.4, 0.5) is 0 Å². The topological polar surface area (TPSA) is 73.1 Å². The Kier molecular flexibility index (Phi) is 7.19. The molecular weight excluding hydrogens is 420 g/mol. The monoisotopic (exact) mass is 446 g/mol. The van der Waals surface area contributed by atoms with Gasteiger partial charge in [0.05, 0.1) is 11.8 Å². The van der Waals surface area contributed by atoms with E-state index in [9.17, 15) is 5.11 Å². The van der Waals surface area contributed by atoms with Gasteiger partial charge in [-0.3, -0.25) is 9.55 Å². The van der Waals surface area contributed by atoms with Gasteiger partial charge in [0.1, 0.15) is 12.4 Å². The van der Waals surface area contributed by atoms with E-state index in [2.05, 4.69) is 45.7 Å². The molecule has 2 heterocycles.